The van der Waals surface area contributed by atoms with Crippen LogP contribution in [0.25, 0.3) is 11.4 Å². The summed E-state index contributed by atoms with van der Waals surface area (Å²) in [6.07, 6.45) is 1.83. The topological polar surface area (TPSA) is 63.9 Å². The zero-order chi connectivity index (χ0) is 18.1. The Morgan fingerprint density at radius 3 is 2.88 bits per heavy atom. The van der Waals surface area contributed by atoms with Gasteiger partial charge in [-0.25, -0.2) is 0 Å². The summed E-state index contributed by atoms with van der Waals surface area (Å²) in [4.78, 5) is 17.6. The van der Waals surface area contributed by atoms with Gasteiger partial charge < -0.3 is 4.90 Å². The summed E-state index contributed by atoms with van der Waals surface area (Å²) in [5, 5.41) is 14.6. The number of fused-ring (bicyclic) bond motifs is 1. The third kappa shape index (κ3) is 3.31. The molecule has 0 aliphatic carbocycles. The van der Waals surface area contributed by atoms with Crippen molar-refractivity contribution >= 4 is 33.2 Å². The first-order valence-corrected chi connectivity index (χ1v) is 10.2. The predicted molar refractivity (Wildman–Crippen MR) is 104 cm³/mol. The number of hydrogen-bond acceptors (Lipinski definition) is 5. The van der Waals surface area contributed by atoms with Crippen LogP contribution in [0.4, 0.5) is 0 Å². The number of benzene rings is 1. The molecule has 1 aliphatic rings. The molecule has 0 radical (unpaired) electrons. The number of amides is 1. The minimum absolute atomic E-state index is 0.0356. The van der Waals surface area contributed by atoms with Gasteiger partial charge in [0.05, 0.1) is 6.04 Å². The van der Waals surface area contributed by atoms with Crippen LogP contribution >= 0.6 is 27.3 Å². The molecule has 1 unspecified atom stereocenters. The van der Waals surface area contributed by atoms with Crippen LogP contribution in [0.15, 0.2) is 40.2 Å². The maximum atomic E-state index is 12.9. The number of carbonyl (C=O) groups is 1. The SMILES string of the molecule is CCC1c2ccsc2CCN1C(=O)Cn1nnc(-c2ccc(Br)cc2)n1. The van der Waals surface area contributed by atoms with Crippen LogP contribution < -0.4 is 0 Å². The molecule has 0 bridgehead atoms. The standard InChI is InChI=1S/C18H18BrN5OS/c1-2-15-14-8-10-26-16(14)7-9-23(15)17(25)11-24-21-18(20-22-24)12-3-5-13(19)6-4-12/h3-6,8,10,15H,2,7,9,11H2,1H3. The van der Waals surface area contributed by atoms with E-state index in [2.05, 4.69) is 49.7 Å². The van der Waals surface area contributed by atoms with E-state index in [9.17, 15) is 4.79 Å². The van der Waals surface area contributed by atoms with Gasteiger partial charge >= 0.3 is 0 Å². The number of tetrazole rings is 1. The van der Waals surface area contributed by atoms with Crippen LogP contribution in [0.5, 0.6) is 0 Å². The van der Waals surface area contributed by atoms with Crippen LogP contribution in [0.1, 0.15) is 29.8 Å². The number of rotatable bonds is 4. The van der Waals surface area contributed by atoms with E-state index in [-0.39, 0.29) is 18.5 Å². The second-order valence-electron chi connectivity index (χ2n) is 6.21. The Balaban J connectivity index is 1.49. The molecule has 1 atom stereocenters. The van der Waals surface area contributed by atoms with E-state index in [0.29, 0.717) is 5.82 Å². The van der Waals surface area contributed by atoms with E-state index < -0.39 is 0 Å². The van der Waals surface area contributed by atoms with Gasteiger partial charge in [0.15, 0.2) is 0 Å². The van der Waals surface area contributed by atoms with Crippen LogP contribution in [0.2, 0.25) is 0 Å². The lowest BCUT2D eigenvalue weighted by Crippen LogP contribution is -2.41. The van der Waals surface area contributed by atoms with Crippen molar-refractivity contribution in [3.05, 3.63) is 50.6 Å². The molecule has 0 N–H and O–H groups in total. The number of carbonyl (C=O) groups excluding carboxylic acids is 1. The van der Waals surface area contributed by atoms with Crippen molar-refractivity contribution < 1.29 is 4.79 Å². The fourth-order valence-corrected chi connectivity index (χ4v) is 4.56. The van der Waals surface area contributed by atoms with Crippen LogP contribution in [-0.2, 0) is 17.8 Å². The van der Waals surface area contributed by atoms with E-state index in [1.807, 2.05) is 29.2 Å². The Hall–Kier alpha value is -2.06. The Bertz CT molecular complexity index is 920. The van der Waals surface area contributed by atoms with Gasteiger partial charge in [0.1, 0.15) is 6.54 Å². The van der Waals surface area contributed by atoms with Gasteiger partial charge in [0, 0.05) is 21.5 Å². The van der Waals surface area contributed by atoms with Gasteiger partial charge in [-0.2, -0.15) is 4.80 Å². The highest BCUT2D eigenvalue weighted by Crippen LogP contribution is 2.35. The van der Waals surface area contributed by atoms with Gasteiger partial charge in [-0.3, -0.25) is 4.79 Å². The summed E-state index contributed by atoms with van der Waals surface area (Å²) < 4.78 is 0.993. The molecule has 0 saturated heterocycles. The molecule has 0 fully saturated rings. The van der Waals surface area contributed by atoms with Gasteiger partial charge in [-0.15, -0.1) is 21.5 Å². The van der Waals surface area contributed by atoms with Crippen molar-refractivity contribution in [1.29, 1.82) is 0 Å². The number of nitrogens with zero attached hydrogens (tertiary/aromatic N) is 5. The minimum Gasteiger partial charge on any atom is -0.334 e. The van der Waals surface area contributed by atoms with Gasteiger partial charge in [-0.1, -0.05) is 22.9 Å². The van der Waals surface area contributed by atoms with Crippen molar-refractivity contribution in [3.63, 3.8) is 0 Å². The maximum Gasteiger partial charge on any atom is 0.246 e. The van der Waals surface area contributed by atoms with Gasteiger partial charge in [0.25, 0.3) is 0 Å². The lowest BCUT2D eigenvalue weighted by Gasteiger charge is -2.35. The van der Waals surface area contributed by atoms with Crippen molar-refractivity contribution in [1.82, 2.24) is 25.1 Å². The zero-order valence-corrected chi connectivity index (χ0v) is 16.7. The molecule has 8 heteroatoms. The largest absolute Gasteiger partial charge is 0.334 e. The molecule has 4 rings (SSSR count). The average Bonchev–Trinajstić information content (AvgIpc) is 3.30. The van der Waals surface area contributed by atoms with E-state index in [1.54, 1.807) is 11.3 Å². The predicted octanol–water partition coefficient (Wildman–Crippen LogP) is 3.70. The number of aromatic nitrogens is 4. The van der Waals surface area contributed by atoms with Crippen molar-refractivity contribution in [2.45, 2.75) is 32.4 Å². The number of thiophene rings is 1. The fraction of sp³-hybridized carbons (Fsp3) is 0.333. The molecule has 2 aromatic heterocycles. The normalized spacial score (nSPS) is 16.5. The monoisotopic (exact) mass is 431 g/mol. The van der Waals surface area contributed by atoms with E-state index in [1.165, 1.54) is 15.2 Å². The fourth-order valence-electron chi connectivity index (χ4n) is 3.37. The van der Waals surface area contributed by atoms with Crippen molar-refractivity contribution in [2.75, 3.05) is 6.54 Å². The summed E-state index contributed by atoms with van der Waals surface area (Å²) in [7, 11) is 0. The van der Waals surface area contributed by atoms with E-state index in [4.69, 9.17) is 0 Å². The lowest BCUT2D eigenvalue weighted by molar-refractivity contribution is -0.135. The first-order chi connectivity index (χ1) is 12.7. The van der Waals surface area contributed by atoms with Gasteiger partial charge in [-0.05, 0) is 59.3 Å². The second-order valence-corrected chi connectivity index (χ2v) is 8.13. The third-order valence-electron chi connectivity index (χ3n) is 4.63. The summed E-state index contributed by atoms with van der Waals surface area (Å²) in [5.41, 5.74) is 2.17. The van der Waals surface area contributed by atoms with Crippen molar-refractivity contribution in [3.8, 4) is 11.4 Å². The Morgan fingerprint density at radius 2 is 2.12 bits per heavy atom. The highest BCUT2D eigenvalue weighted by molar-refractivity contribution is 9.10. The van der Waals surface area contributed by atoms with Gasteiger partial charge in [0.2, 0.25) is 11.7 Å². The van der Waals surface area contributed by atoms with Crippen molar-refractivity contribution in [2.24, 2.45) is 0 Å². The summed E-state index contributed by atoms with van der Waals surface area (Å²) >= 11 is 5.19. The highest BCUT2D eigenvalue weighted by atomic mass is 79.9. The Morgan fingerprint density at radius 1 is 1.31 bits per heavy atom. The molecule has 1 aliphatic heterocycles. The Kier molecular flexibility index (Phi) is 4.86. The molecule has 3 heterocycles. The molecule has 26 heavy (non-hydrogen) atoms. The number of halogens is 1. The van der Waals surface area contributed by atoms with Crippen LogP contribution in [-0.4, -0.2) is 37.6 Å². The first kappa shape index (κ1) is 17.4. The maximum absolute atomic E-state index is 12.9. The molecule has 1 amide bonds. The quantitative estimate of drug-likeness (QED) is 0.631. The summed E-state index contributed by atoms with van der Waals surface area (Å²) in [5.74, 6) is 0.560. The molecular formula is C18H18BrN5OS. The molecule has 3 aromatic rings. The highest BCUT2D eigenvalue weighted by Gasteiger charge is 2.30. The van der Waals surface area contributed by atoms with E-state index >= 15 is 0 Å². The Labute approximate surface area is 164 Å². The number of hydrogen-bond donors (Lipinski definition) is 0. The lowest BCUT2D eigenvalue weighted by atomic mass is 9.98. The third-order valence-corrected chi connectivity index (χ3v) is 6.16. The second kappa shape index (κ2) is 7.28. The van der Waals surface area contributed by atoms with Crippen LogP contribution in [0, 0.1) is 0 Å². The minimum atomic E-state index is 0.0356. The molecule has 1 aromatic carbocycles. The molecule has 6 nitrogen and oxygen atoms in total. The zero-order valence-electron chi connectivity index (χ0n) is 14.3. The molecule has 134 valence electrons. The molecule has 0 saturated carbocycles. The molecular weight excluding hydrogens is 414 g/mol. The van der Waals surface area contributed by atoms with E-state index in [0.717, 1.165) is 29.4 Å². The summed E-state index contributed by atoms with van der Waals surface area (Å²) in [6, 6.07) is 9.99. The smallest absolute Gasteiger partial charge is 0.246 e. The van der Waals surface area contributed by atoms with Crippen LogP contribution in [0.3, 0.4) is 0 Å². The molecule has 0 spiro atoms. The summed E-state index contributed by atoms with van der Waals surface area (Å²) in [6.45, 7) is 2.98. The first-order valence-electron chi connectivity index (χ1n) is 8.55. The average molecular weight is 432 g/mol.